The lowest BCUT2D eigenvalue weighted by Crippen LogP contribution is -2.36. The molecule has 1 aromatic carbocycles. The van der Waals surface area contributed by atoms with Crippen LogP contribution in [0.25, 0.3) is 0 Å². The zero-order chi connectivity index (χ0) is 18.2. The van der Waals surface area contributed by atoms with Crippen molar-refractivity contribution in [2.24, 2.45) is 0 Å². The second-order valence-corrected chi connectivity index (χ2v) is 8.36. The summed E-state index contributed by atoms with van der Waals surface area (Å²) in [6, 6.07) is 6.08. The molecule has 2 heterocycles. The number of hydrogen-bond acceptors (Lipinski definition) is 3. The Bertz CT molecular complexity index is 797. The molecule has 2 aromatic rings. The minimum atomic E-state index is -0.308. The van der Waals surface area contributed by atoms with Gasteiger partial charge in [-0.3, -0.25) is 5.32 Å². The summed E-state index contributed by atoms with van der Waals surface area (Å²) in [7, 11) is 0. The SMILES string of the molecule is Cc1cc(NC(=O)NC2CCSc3ccc(F)cc32)n(C(C)(C)C)n1. The molecule has 3 rings (SSSR count). The van der Waals surface area contributed by atoms with Crippen LogP contribution in [0.4, 0.5) is 15.0 Å². The number of halogens is 1. The molecular weight excluding hydrogens is 339 g/mol. The highest BCUT2D eigenvalue weighted by atomic mass is 32.2. The highest BCUT2D eigenvalue weighted by Gasteiger charge is 2.24. The molecule has 0 bridgehead atoms. The first-order chi connectivity index (χ1) is 11.7. The molecule has 7 heteroatoms. The molecule has 1 aromatic heterocycles. The van der Waals surface area contributed by atoms with E-state index in [9.17, 15) is 9.18 Å². The van der Waals surface area contributed by atoms with Crippen LogP contribution >= 0.6 is 11.8 Å². The lowest BCUT2D eigenvalue weighted by Gasteiger charge is -2.27. The standard InChI is InChI=1S/C18H23FN4OS/c1-11-9-16(23(22-11)18(2,3)4)21-17(24)20-14-7-8-25-15-6-5-12(19)10-13(14)15/h5-6,9-10,14H,7-8H2,1-4H3,(H2,20,21,24). The molecule has 0 aliphatic carbocycles. The molecule has 2 amide bonds. The highest BCUT2D eigenvalue weighted by molar-refractivity contribution is 7.99. The second kappa shape index (κ2) is 6.71. The van der Waals surface area contributed by atoms with Gasteiger partial charge in [0, 0.05) is 16.7 Å². The molecule has 1 unspecified atom stereocenters. The van der Waals surface area contributed by atoms with Gasteiger partial charge in [0.1, 0.15) is 11.6 Å². The minimum absolute atomic E-state index is 0.195. The first kappa shape index (κ1) is 17.8. The first-order valence-corrected chi connectivity index (χ1v) is 9.29. The van der Waals surface area contributed by atoms with Gasteiger partial charge in [0.05, 0.1) is 17.3 Å². The molecule has 0 fully saturated rings. The molecule has 0 saturated carbocycles. The molecule has 0 saturated heterocycles. The third kappa shape index (κ3) is 3.98. The van der Waals surface area contributed by atoms with Gasteiger partial charge in [0.25, 0.3) is 0 Å². The molecule has 1 aliphatic rings. The molecule has 2 N–H and O–H groups in total. The van der Waals surface area contributed by atoms with Gasteiger partial charge < -0.3 is 5.32 Å². The lowest BCUT2D eigenvalue weighted by atomic mass is 10.0. The summed E-state index contributed by atoms with van der Waals surface area (Å²) in [5.74, 6) is 1.25. The van der Waals surface area contributed by atoms with Gasteiger partial charge in [-0.05, 0) is 57.9 Å². The third-order valence-electron chi connectivity index (χ3n) is 4.03. The maximum atomic E-state index is 13.6. The Morgan fingerprint density at radius 1 is 1.36 bits per heavy atom. The van der Waals surface area contributed by atoms with Gasteiger partial charge in [-0.25, -0.2) is 13.9 Å². The minimum Gasteiger partial charge on any atom is -0.331 e. The van der Waals surface area contributed by atoms with Crippen LogP contribution in [-0.4, -0.2) is 21.6 Å². The number of nitrogens with zero attached hydrogens (tertiary/aromatic N) is 2. The highest BCUT2D eigenvalue weighted by Crippen LogP contribution is 2.36. The Morgan fingerprint density at radius 2 is 2.12 bits per heavy atom. The van der Waals surface area contributed by atoms with Crippen molar-refractivity contribution in [1.82, 2.24) is 15.1 Å². The van der Waals surface area contributed by atoms with Crippen molar-refractivity contribution < 1.29 is 9.18 Å². The van der Waals surface area contributed by atoms with E-state index in [0.29, 0.717) is 5.82 Å². The Balaban J connectivity index is 1.76. The fourth-order valence-corrected chi connectivity index (χ4v) is 4.03. The monoisotopic (exact) mass is 362 g/mol. The summed E-state index contributed by atoms with van der Waals surface area (Å²) in [6.45, 7) is 7.97. The topological polar surface area (TPSA) is 59.0 Å². The Morgan fingerprint density at radius 3 is 2.84 bits per heavy atom. The van der Waals surface area contributed by atoms with E-state index in [1.54, 1.807) is 22.5 Å². The zero-order valence-electron chi connectivity index (χ0n) is 14.9. The van der Waals surface area contributed by atoms with Crippen LogP contribution in [-0.2, 0) is 5.54 Å². The van der Waals surface area contributed by atoms with Crippen LogP contribution in [0, 0.1) is 12.7 Å². The van der Waals surface area contributed by atoms with Crippen LogP contribution in [0.5, 0.6) is 0 Å². The van der Waals surface area contributed by atoms with Crippen molar-refractivity contribution in [2.45, 2.75) is 50.6 Å². The predicted molar refractivity (Wildman–Crippen MR) is 98.6 cm³/mol. The number of benzene rings is 1. The fourth-order valence-electron chi connectivity index (χ4n) is 2.93. The van der Waals surface area contributed by atoms with Crippen LogP contribution in [0.15, 0.2) is 29.2 Å². The van der Waals surface area contributed by atoms with Gasteiger partial charge in [0.15, 0.2) is 0 Å². The van der Waals surface area contributed by atoms with E-state index < -0.39 is 0 Å². The summed E-state index contributed by atoms with van der Waals surface area (Å²) in [6.07, 6.45) is 0.770. The fraction of sp³-hybridized carbons (Fsp3) is 0.444. The predicted octanol–water partition coefficient (Wildman–Crippen LogP) is 4.44. The number of aromatic nitrogens is 2. The van der Waals surface area contributed by atoms with Crippen LogP contribution in [0.1, 0.15) is 44.5 Å². The number of carbonyl (C=O) groups excluding carboxylic acids is 1. The van der Waals surface area contributed by atoms with Gasteiger partial charge in [-0.15, -0.1) is 11.8 Å². The number of nitrogens with one attached hydrogen (secondary N) is 2. The van der Waals surface area contributed by atoms with E-state index in [-0.39, 0.29) is 23.4 Å². The van der Waals surface area contributed by atoms with E-state index in [1.807, 2.05) is 33.8 Å². The number of amides is 2. The Hall–Kier alpha value is -2.02. The molecule has 0 spiro atoms. The van der Waals surface area contributed by atoms with Crippen molar-refractivity contribution in [3.05, 3.63) is 41.3 Å². The summed E-state index contributed by atoms with van der Waals surface area (Å²) < 4.78 is 15.4. The van der Waals surface area contributed by atoms with E-state index >= 15 is 0 Å². The van der Waals surface area contributed by atoms with Crippen molar-refractivity contribution >= 4 is 23.6 Å². The number of rotatable bonds is 2. The van der Waals surface area contributed by atoms with Crippen molar-refractivity contribution in [1.29, 1.82) is 0 Å². The van der Waals surface area contributed by atoms with Crippen molar-refractivity contribution in [2.75, 3.05) is 11.1 Å². The second-order valence-electron chi connectivity index (χ2n) is 7.22. The van der Waals surface area contributed by atoms with E-state index in [4.69, 9.17) is 0 Å². The average Bonchev–Trinajstić information content (AvgIpc) is 2.88. The average molecular weight is 362 g/mol. The number of urea groups is 1. The van der Waals surface area contributed by atoms with Gasteiger partial charge in [0.2, 0.25) is 0 Å². The summed E-state index contributed by atoms with van der Waals surface area (Å²) in [5, 5.41) is 10.3. The van der Waals surface area contributed by atoms with Crippen LogP contribution in [0.3, 0.4) is 0 Å². The quantitative estimate of drug-likeness (QED) is 0.830. The number of carbonyl (C=O) groups is 1. The van der Waals surface area contributed by atoms with Crippen molar-refractivity contribution in [3.8, 4) is 0 Å². The van der Waals surface area contributed by atoms with Crippen molar-refractivity contribution in [3.63, 3.8) is 0 Å². The molecule has 25 heavy (non-hydrogen) atoms. The zero-order valence-corrected chi connectivity index (χ0v) is 15.7. The van der Waals surface area contributed by atoms with E-state index in [2.05, 4.69) is 15.7 Å². The summed E-state index contributed by atoms with van der Waals surface area (Å²) in [5.41, 5.74) is 1.44. The maximum absolute atomic E-state index is 13.6. The maximum Gasteiger partial charge on any atom is 0.320 e. The number of hydrogen-bond donors (Lipinski definition) is 2. The van der Waals surface area contributed by atoms with Crippen LogP contribution in [0.2, 0.25) is 0 Å². The Labute approximate surface area is 151 Å². The van der Waals surface area contributed by atoms with E-state index in [1.165, 1.54) is 12.1 Å². The van der Waals surface area contributed by atoms with Gasteiger partial charge in [-0.1, -0.05) is 0 Å². The molecule has 0 radical (unpaired) electrons. The van der Waals surface area contributed by atoms with E-state index in [0.717, 1.165) is 28.3 Å². The molecule has 5 nitrogen and oxygen atoms in total. The smallest absolute Gasteiger partial charge is 0.320 e. The molecule has 1 aliphatic heterocycles. The third-order valence-corrected chi connectivity index (χ3v) is 5.15. The normalized spacial score (nSPS) is 17.1. The number of anilines is 1. The Kier molecular flexibility index (Phi) is 4.77. The summed E-state index contributed by atoms with van der Waals surface area (Å²) >= 11 is 1.69. The van der Waals surface area contributed by atoms with Crippen LogP contribution < -0.4 is 10.6 Å². The lowest BCUT2D eigenvalue weighted by molar-refractivity contribution is 0.247. The number of fused-ring (bicyclic) bond motifs is 1. The van der Waals surface area contributed by atoms with Gasteiger partial charge in [-0.2, -0.15) is 5.10 Å². The largest absolute Gasteiger partial charge is 0.331 e. The number of thioether (sulfide) groups is 1. The molecule has 1 atom stereocenters. The number of aryl methyl sites for hydroxylation is 1. The first-order valence-electron chi connectivity index (χ1n) is 8.31. The van der Waals surface area contributed by atoms with Gasteiger partial charge >= 0.3 is 6.03 Å². The molecule has 134 valence electrons. The molecular formula is C18H23FN4OS. The summed E-state index contributed by atoms with van der Waals surface area (Å²) in [4.78, 5) is 13.5.